The van der Waals surface area contributed by atoms with E-state index >= 15 is 0 Å². The summed E-state index contributed by atoms with van der Waals surface area (Å²) in [5.74, 6) is 1.41. The summed E-state index contributed by atoms with van der Waals surface area (Å²) in [6.45, 7) is 4.09. The molecule has 1 aromatic heterocycles. The molecule has 5 rings (SSSR count). The predicted octanol–water partition coefficient (Wildman–Crippen LogP) is 7.25. The molecule has 0 aliphatic carbocycles. The van der Waals surface area contributed by atoms with E-state index in [1.807, 2.05) is 6.92 Å². The highest BCUT2D eigenvalue weighted by atomic mass is 79.9. The minimum atomic E-state index is -0.873. The van der Waals surface area contributed by atoms with Gasteiger partial charge in [-0.25, -0.2) is 9.79 Å². The van der Waals surface area contributed by atoms with Gasteiger partial charge in [-0.3, -0.25) is 9.36 Å². The Balaban J connectivity index is 1.65. The zero-order valence-corrected chi connectivity index (χ0v) is 30.8. The number of thiazole rings is 1. The van der Waals surface area contributed by atoms with E-state index in [2.05, 4.69) is 15.9 Å². The number of rotatable bonds is 12. The third kappa shape index (κ3) is 7.29. The summed E-state index contributed by atoms with van der Waals surface area (Å²) in [5, 5.41) is 1.02. The Morgan fingerprint density at radius 1 is 1.00 bits per heavy atom. The third-order valence-corrected chi connectivity index (χ3v) is 9.85. The number of methoxy groups -OCH3 is 3. The van der Waals surface area contributed by atoms with Crippen LogP contribution >= 0.6 is 50.5 Å². The highest BCUT2D eigenvalue weighted by Gasteiger charge is 2.36. The zero-order chi connectivity index (χ0) is 34.5. The second kappa shape index (κ2) is 15.6. The summed E-state index contributed by atoms with van der Waals surface area (Å²) in [4.78, 5) is 33.2. The minimum Gasteiger partial charge on any atom is -0.497 e. The van der Waals surface area contributed by atoms with Crippen molar-refractivity contribution in [2.75, 3.05) is 27.9 Å². The average molecular weight is 777 g/mol. The second-order valence-electron chi connectivity index (χ2n) is 10.6. The lowest BCUT2D eigenvalue weighted by atomic mass is 9.93. The summed E-state index contributed by atoms with van der Waals surface area (Å²) in [7, 11) is 4.63. The van der Waals surface area contributed by atoms with Gasteiger partial charge >= 0.3 is 5.97 Å². The molecule has 0 saturated carbocycles. The van der Waals surface area contributed by atoms with Gasteiger partial charge in [0.1, 0.15) is 24.1 Å². The molecule has 0 fully saturated rings. The van der Waals surface area contributed by atoms with Crippen molar-refractivity contribution in [3.63, 3.8) is 0 Å². The standard InChI is InChI=1S/C35H33BrCl2N2O7S/c1-6-8-26-31(34(42)46-7-2)32(23-16-22(43-3)11-12-27(23)44-4)40-33(41)30(48-35(40)39-26)14-20-13-28(45-5)29(17-24(20)36)47-18-19-9-10-21(37)15-25(19)38/h9-17,32H,6-8,18H2,1-5H3/b30-14-/t32-/m1/s1. The monoisotopic (exact) mass is 774 g/mol. The molecule has 48 heavy (non-hydrogen) atoms. The Morgan fingerprint density at radius 3 is 2.44 bits per heavy atom. The van der Waals surface area contributed by atoms with E-state index in [1.165, 1.54) is 30.1 Å². The van der Waals surface area contributed by atoms with Crippen LogP contribution in [0.4, 0.5) is 0 Å². The maximum Gasteiger partial charge on any atom is 0.338 e. The van der Waals surface area contributed by atoms with Crippen LogP contribution < -0.4 is 33.8 Å². The quantitative estimate of drug-likeness (QED) is 0.140. The molecule has 0 bridgehead atoms. The van der Waals surface area contributed by atoms with E-state index in [4.69, 9.17) is 51.9 Å². The van der Waals surface area contributed by atoms with Crippen molar-refractivity contribution < 1.29 is 28.5 Å². The fourth-order valence-electron chi connectivity index (χ4n) is 5.34. The summed E-state index contributed by atoms with van der Waals surface area (Å²) < 4.78 is 31.1. The number of halogens is 3. The number of ether oxygens (including phenoxy) is 5. The van der Waals surface area contributed by atoms with Crippen LogP contribution in [0.3, 0.4) is 0 Å². The van der Waals surface area contributed by atoms with Crippen LogP contribution in [0, 0.1) is 0 Å². The first kappa shape index (κ1) is 35.5. The van der Waals surface area contributed by atoms with Gasteiger partial charge in [0.2, 0.25) is 0 Å². The number of allylic oxidation sites excluding steroid dienone is 1. The highest BCUT2D eigenvalue weighted by molar-refractivity contribution is 9.10. The summed E-state index contributed by atoms with van der Waals surface area (Å²) in [5.41, 5.74) is 2.51. The van der Waals surface area contributed by atoms with Gasteiger partial charge in [0.05, 0.1) is 43.7 Å². The van der Waals surface area contributed by atoms with Crippen molar-refractivity contribution in [2.24, 2.45) is 4.99 Å². The van der Waals surface area contributed by atoms with E-state index in [0.717, 1.165) is 12.0 Å². The number of hydrogen-bond donors (Lipinski definition) is 0. The molecule has 0 spiro atoms. The van der Waals surface area contributed by atoms with Crippen LogP contribution in [0.5, 0.6) is 23.0 Å². The lowest BCUT2D eigenvalue weighted by Gasteiger charge is -2.27. The van der Waals surface area contributed by atoms with Gasteiger partial charge in [-0.2, -0.15) is 0 Å². The maximum atomic E-state index is 14.3. The van der Waals surface area contributed by atoms with Gasteiger partial charge in [0.15, 0.2) is 16.3 Å². The van der Waals surface area contributed by atoms with E-state index in [0.29, 0.717) is 70.1 Å². The van der Waals surface area contributed by atoms with Crippen LogP contribution in [-0.2, 0) is 16.1 Å². The van der Waals surface area contributed by atoms with Crippen LogP contribution in [-0.4, -0.2) is 38.5 Å². The van der Waals surface area contributed by atoms with E-state index in [9.17, 15) is 9.59 Å². The Morgan fingerprint density at radius 2 is 1.77 bits per heavy atom. The summed E-state index contributed by atoms with van der Waals surface area (Å²) >= 11 is 17.2. The molecule has 2 heterocycles. The Labute approximate surface area is 300 Å². The molecule has 1 atom stereocenters. The number of carbonyl (C=O) groups is 1. The normalized spacial score (nSPS) is 14.3. The number of nitrogens with zero attached hydrogens (tertiary/aromatic N) is 2. The average Bonchev–Trinajstić information content (AvgIpc) is 3.38. The predicted molar refractivity (Wildman–Crippen MR) is 191 cm³/mol. The van der Waals surface area contributed by atoms with Crippen LogP contribution in [0.1, 0.15) is 49.4 Å². The first-order valence-electron chi connectivity index (χ1n) is 15.0. The zero-order valence-electron chi connectivity index (χ0n) is 26.9. The number of benzene rings is 3. The van der Waals surface area contributed by atoms with E-state index < -0.39 is 12.0 Å². The number of carbonyl (C=O) groups excluding carboxylic acids is 1. The molecule has 3 aromatic carbocycles. The van der Waals surface area contributed by atoms with Crippen molar-refractivity contribution in [1.82, 2.24) is 4.57 Å². The molecule has 0 amide bonds. The molecule has 9 nitrogen and oxygen atoms in total. The van der Waals surface area contributed by atoms with Gasteiger partial charge < -0.3 is 23.7 Å². The van der Waals surface area contributed by atoms with E-state index in [1.54, 1.807) is 68.6 Å². The van der Waals surface area contributed by atoms with Crippen molar-refractivity contribution in [3.8, 4) is 23.0 Å². The molecule has 13 heteroatoms. The molecule has 0 radical (unpaired) electrons. The smallest absolute Gasteiger partial charge is 0.338 e. The second-order valence-corrected chi connectivity index (χ2v) is 13.3. The molecule has 0 saturated heterocycles. The van der Waals surface area contributed by atoms with Gasteiger partial charge in [0, 0.05) is 25.6 Å². The lowest BCUT2D eigenvalue weighted by molar-refractivity contribution is -0.139. The molecule has 1 aliphatic heterocycles. The molecular formula is C35H33BrCl2N2O7S. The third-order valence-electron chi connectivity index (χ3n) is 7.59. The Kier molecular flexibility index (Phi) is 11.6. The van der Waals surface area contributed by atoms with Crippen molar-refractivity contribution in [2.45, 2.75) is 39.3 Å². The molecular weight excluding hydrogens is 743 g/mol. The van der Waals surface area contributed by atoms with Crippen LogP contribution in [0.2, 0.25) is 10.0 Å². The molecule has 252 valence electrons. The van der Waals surface area contributed by atoms with Gasteiger partial charge in [-0.15, -0.1) is 0 Å². The lowest BCUT2D eigenvalue weighted by Crippen LogP contribution is -2.40. The van der Waals surface area contributed by atoms with Crippen molar-refractivity contribution in [3.05, 3.63) is 111 Å². The van der Waals surface area contributed by atoms with Crippen molar-refractivity contribution >= 4 is 62.5 Å². The summed E-state index contributed by atoms with van der Waals surface area (Å²) in [6, 6.07) is 13.2. The Hall–Kier alpha value is -3.77. The van der Waals surface area contributed by atoms with Gasteiger partial charge in [-0.1, -0.05) is 69.9 Å². The molecule has 0 unspecified atom stereocenters. The number of esters is 1. The number of aromatic nitrogens is 1. The van der Waals surface area contributed by atoms with Gasteiger partial charge in [0.25, 0.3) is 5.56 Å². The molecule has 0 N–H and O–H groups in total. The Bertz CT molecular complexity index is 2080. The SMILES string of the molecule is CCCC1=C(C(=O)OCC)[C@@H](c2cc(OC)ccc2OC)n2c(s/c(=C\c3cc(OC)c(OCc4ccc(Cl)cc4Cl)cc3Br)c2=O)=N1. The fourth-order valence-corrected chi connectivity index (χ4v) is 7.25. The van der Waals surface area contributed by atoms with Crippen LogP contribution in [0.25, 0.3) is 6.08 Å². The van der Waals surface area contributed by atoms with Gasteiger partial charge in [-0.05, 0) is 67.4 Å². The fraction of sp³-hybridized carbons (Fsp3) is 0.286. The van der Waals surface area contributed by atoms with E-state index in [-0.39, 0.29) is 24.3 Å². The first-order chi connectivity index (χ1) is 23.1. The van der Waals surface area contributed by atoms with Crippen molar-refractivity contribution in [1.29, 1.82) is 0 Å². The van der Waals surface area contributed by atoms with Crippen LogP contribution in [0.15, 0.2) is 74.1 Å². The highest BCUT2D eigenvalue weighted by Crippen LogP contribution is 2.39. The maximum absolute atomic E-state index is 14.3. The number of hydrogen-bond acceptors (Lipinski definition) is 9. The molecule has 4 aromatic rings. The topological polar surface area (TPSA) is 97.6 Å². The number of fused-ring (bicyclic) bond motifs is 1. The minimum absolute atomic E-state index is 0.163. The molecule has 1 aliphatic rings. The largest absolute Gasteiger partial charge is 0.497 e. The summed E-state index contributed by atoms with van der Waals surface area (Å²) in [6.07, 6.45) is 2.99. The first-order valence-corrected chi connectivity index (χ1v) is 17.4.